The van der Waals surface area contributed by atoms with E-state index in [2.05, 4.69) is 15.7 Å². The number of nitrogens with one attached hydrogen (secondary N) is 2. The van der Waals surface area contributed by atoms with Crippen LogP contribution in [0.4, 0.5) is 15.8 Å². The van der Waals surface area contributed by atoms with Gasteiger partial charge in [-0.1, -0.05) is 12.1 Å². The Morgan fingerprint density at radius 1 is 1.14 bits per heavy atom. The summed E-state index contributed by atoms with van der Waals surface area (Å²) in [6.07, 6.45) is 3.12. The molecule has 1 aliphatic rings. The maximum absolute atomic E-state index is 13.3. The van der Waals surface area contributed by atoms with Gasteiger partial charge in [0.2, 0.25) is 5.91 Å². The quantitative estimate of drug-likeness (QED) is 0.709. The largest absolute Gasteiger partial charge is 0.326 e. The van der Waals surface area contributed by atoms with Crippen LogP contribution in [-0.2, 0) is 17.8 Å². The first-order valence-electron chi connectivity index (χ1n) is 9.49. The van der Waals surface area contributed by atoms with Crippen molar-refractivity contribution < 1.29 is 14.0 Å². The summed E-state index contributed by atoms with van der Waals surface area (Å²) in [5.74, 6) is -0.993. The van der Waals surface area contributed by atoms with E-state index in [4.69, 9.17) is 0 Å². The number of benzene rings is 2. The van der Waals surface area contributed by atoms with Gasteiger partial charge in [0.05, 0.1) is 0 Å². The van der Waals surface area contributed by atoms with Crippen LogP contribution >= 0.6 is 0 Å². The number of carbonyl (C=O) groups is 2. The van der Waals surface area contributed by atoms with E-state index in [9.17, 15) is 14.0 Å². The van der Waals surface area contributed by atoms with Crippen molar-refractivity contribution in [1.29, 1.82) is 0 Å². The van der Waals surface area contributed by atoms with Crippen LogP contribution in [0.3, 0.4) is 0 Å². The SMILES string of the molecule is Cc1ccc(C(=O)Nc2cccc(F)c2)cc1NC(=O)C1CCn2nccc2C1. The van der Waals surface area contributed by atoms with Gasteiger partial charge in [-0.15, -0.1) is 0 Å². The minimum absolute atomic E-state index is 0.0664. The zero-order chi connectivity index (χ0) is 20.4. The lowest BCUT2D eigenvalue weighted by atomic mass is 9.95. The molecule has 0 saturated heterocycles. The first kappa shape index (κ1) is 18.9. The summed E-state index contributed by atoms with van der Waals surface area (Å²) in [4.78, 5) is 25.3. The first-order valence-corrected chi connectivity index (χ1v) is 9.49. The zero-order valence-corrected chi connectivity index (χ0v) is 16.0. The number of aryl methyl sites for hydroxylation is 2. The lowest BCUT2D eigenvalue weighted by molar-refractivity contribution is -0.120. The van der Waals surface area contributed by atoms with Crippen molar-refractivity contribution in [3.8, 4) is 0 Å². The fourth-order valence-electron chi connectivity index (χ4n) is 3.49. The summed E-state index contributed by atoms with van der Waals surface area (Å²) in [5.41, 5.74) is 3.27. The molecule has 0 bridgehead atoms. The summed E-state index contributed by atoms with van der Waals surface area (Å²) in [6, 6.07) is 12.8. The van der Waals surface area contributed by atoms with Crippen LogP contribution in [0.5, 0.6) is 0 Å². The minimum atomic E-state index is -0.423. The fourth-order valence-corrected chi connectivity index (χ4v) is 3.49. The van der Waals surface area contributed by atoms with Gasteiger partial charge in [-0.05, 0) is 55.3 Å². The molecular formula is C22H21FN4O2. The maximum Gasteiger partial charge on any atom is 0.255 e. The van der Waals surface area contributed by atoms with E-state index in [1.807, 2.05) is 17.7 Å². The molecule has 148 valence electrons. The average molecular weight is 392 g/mol. The molecule has 1 unspecified atom stereocenters. The monoisotopic (exact) mass is 392 g/mol. The Bertz CT molecular complexity index is 1080. The summed E-state index contributed by atoms with van der Waals surface area (Å²) in [5, 5.41) is 9.87. The van der Waals surface area contributed by atoms with Crippen LogP contribution in [0.2, 0.25) is 0 Å². The van der Waals surface area contributed by atoms with Crippen LogP contribution in [0, 0.1) is 18.7 Å². The lowest BCUT2D eigenvalue weighted by Gasteiger charge is -2.23. The molecule has 0 saturated carbocycles. The van der Waals surface area contributed by atoms with Gasteiger partial charge in [0.15, 0.2) is 0 Å². The topological polar surface area (TPSA) is 76.0 Å². The Balaban J connectivity index is 1.47. The Morgan fingerprint density at radius 3 is 2.83 bits per heavy atom. The minimum Gasteiger partial charge on any atom is -0.326 e. The Hall–Kier alpha value is -3.48. The van der Waals surface area contributed by atoms with Gasteiger partial charge in [0.25, 0.3) is 5.91 Å². The highest BCUT2D eigenvalue weighted by Crippen LogP contribution is 2.24. The van der Waals surface area contributed by atoms with Crippen molar-refractivity contribution in [1.82, 2.24) is 9.78 Å². The number of nitrogens with zero attached hydrogens (tertiary/aromatic N) is 2. The molecule has 29 heavy (non-hydrogen) atoms. The zero-order valence-electron chi connectivity index (χ0n) is 16.0. The normalized spacial score (nSPS) is 15.4. The second-order valence-corrected chi connectivity index (χ2v) is 7.22. The van der Waals surface area contributed by atoms with Gasteiger partial charge in [-0.3, -0.25) is 14.3 Å². The van der Waals surface area contributed by atoms with Crippen molar-refractivity contribution in [2.24, 2.45) is 5.92 Å². The molecule has 0 aliphatic carbocycles. The molecule has 1 aliphatic heterocycles. The molecule has 2 heterocycles. The predicted octanol–water partition coefficient (Wildman–Crippen LogP) is 3.78. The van der Waals surface area contributed by atoms with Crippen molar-refractivity contribution in [2.75, 3.05) is 10.6 Å². The second-order valence-electron chi connectivity index (χ2n) is 7.22. The molecule has 7 heteroatoms. The van der Waals surface area contributed by atoms with Crippen LogP contribution in [0.1, 0.15) is 28.0 Å². The van der Waals surface area contributed by atoms with Crippen molar-refractivity contribution in [2.45, 2.75) is 26.3 Å². The van der Waals surface area contributed by atoms with Gasteiger partial charge in [-0.25, -0.2) is 4.39 Å². The first-order chi connectivity index (χ1) is 14.0. The van der Waals surface area contributed by atoms with Gasteiger partial charge in [0, 0.05) is 47.7 Å². The Labute approximate surface area is 167 Å². The van der Waals surface area contributed by atoms with E-state index >= 15 is 0 Å². The summed E-state index contributed by atoms with van der Waals surface area (Å²) in [7, 11) is 0. The van der Waals surface area contributed by atoms with Crippen LogP contribution < -0.4 is 10.6 Å². The number of aromatic nitrogens is 2. The van der Waals surface area contributed by atoms with E-state index in [1.165, 1.54) is 18.2 Å². The van der Waals surface area contributed by atoms with Crippen molar-refractivity contribution in [3.63, 3.8) is 0 Å². The summed E-state index contributed by atoms with van der Waals surface area (Å²) >= 11 is 0. The standard InChI is InChI=1S/C22H21FN4O2/c1-14-5-6-15(21(28)25-18-4-2-3-17(23)13-18)12-20(14)26-22(29)16-8-10-27-19(11-16)7-9-24-27/h2-7,9,12-13,16H,8,10-11H2,1H3,(H,25,28)(H,26,29). The molecule has 2 amide bonds. The Morgan fingerprint density at radius 2 is 2.00 bits per heavy atom. The van der Waals surface area contributed by atoms with Gasteiger partial charge in [0.1, 0.15) is 5.82 Å². The molecule has 4 rings (SSSR count). The third kappa shape index (κ3) is 4.18. The van der Waals surface area contributed by atoms with E-state index in [0.29, 0.717) is 23.4 Å². The van der Waals surface area contributed by atoms with Crippen molar-refractivity contribution in [3.05, 3.63) is 77.4 Å². The molecule has 0 spiro atoms. The number of anilines is 2. The van der Waals surface area contributed by atoms with Gasteiger partial charge >= 0.3 is 0 Å². The highest BCUT2D eigenvalue weighted by molar-refractivity contribution is 6.05. The van der Waals surface area contributed by atoms with E-state index in [0.717, 1.165) is 24.2 Å². The molecule has 6 nitrogen and oxygen atoms in total. The fraction of sp³-hybridized carbons (Fsp3) is 0.227. The molecule has 2 aromatic carbocycles. The van der Waals surface area contributed by atoms with Crippen LogP contribution in [0.25, 0.3) is 0 Å². The van der Waals surface area contributed by atoms with Gasteiger partial charge in [-0.2, -0.15) is 5.10 Å². The molecule has 1 aromatic heterocycles. The molecular weight excluding hydrogens is 371 g/mol. The lowest BCUT2D eigenvalue weighted by Crippen LogP contribution is -2.30. The predicted molar refractivity (Wildman–Crippen MR) is 108 cm³/mol. The molecule has 0 radical (unpaired) electrons. The molecule has 2 N–H and O–H groups in total. The highest BCUT2D eigenvalue weighted by Gasteiger charge is 2.25. The maximum atomic E-state index is 13.3. The third-order valence-corrected chi connectivity index (χ3v) is 5.16. The number of hydrogen-bond acceptors (Lipinski definition) is 3. The van der Waals surface area contributed by atoms with Crippen molar-refractivity contribution >= 4 is 23.2 Å². The highest BCUT2D eigenvalue weighted by atomic mass is 19.1. The third-order valence-electron chi connectivity index (χ3n) is 5.16. The van der Waals surface area contributed by atoms with Gasteiger partial charge < -0.3 is 10.6 Å². The molecule has 0 fully saturated rings. The number of carbonyl (C=O) groups excluding carboxylic acids is 2. The van der Waals surface area contributed by atoms with Crippen LogP contribution in [-0.4, -0.2) is 21.6 Å². The van der Waals surface area contributed by atoms with E-state index in [-0.39, 0.29) is 17.7 Å². The second kappa shape index (κ2) is 7.87. The Kier molecular flexibility index (Phi) is 5.12. The molecule has 3 aromatic rings. The summed E-state index contributed by atoms with van der Waals surface area (Å²) in [6.45, 7) is 2.59. The van der Waals surface area contributed by atoms with E-state index in [1.54, 1.807) is 30.5 Å². The number of hydrogen-bond donors (Lipinski definition) is 2. The number of fused-ring (bicyclic) bond motifs is 1. The average Bonchev–Trinajstić information content (AvgIpc) is 3.17. The number of rotatable bonds is 4. The molecule has 1 atom stereocenters. The number of amides is 2. The summed E-state index contributed by atoms with van der Waals surface area (Å²) < 4.78 is 15.2. The smallest absolute Gasteiger partial charge is 0.255 e. The number of halogens is 1. The van der Waals surface area contributed by atoms with Crippen LogP contribution in [0.15, 0.2) is 54.7 Å². The van der Waals surface area contributed by atoms with E-state index < -0.39 is 5.82 Å².